The van der Waals surface area contributed by atoms with Crippen LogP contribution in [0.25, 0.3) is 11.1 Å². The molecule has 29 heavy (non-hydrogen) atoms. The number of carbonyl (C=O) groups is 2. The molecule has 0 N–H and O–H groups in total. The molecule has 1 aliphatic heterocycles. The highest BCUT2D eigenvalue weighted by molar-refractivity contribution is 6.10. The molecule has 1 atom stereocenters. The monoisotopic (exact) mass is 391 g/mol. The summed E-state index contributed by atoms with van der Waals surface area (Å²) in [6.45, 7) is 3.82. The van der Waals surface area contributed by atoms with E-state index in [1.165, 1.54) is 13.2 Å². The van der Waals surface area contributed by atoms with E-state index in [0.29, 0.717) is 23.7 Å². The van der Waals surface area contributed by atoms with Crippen molar-refractivity contribution in [3.05, 3.63) is 60.8 Å². The molecule has 0 fully saturated rings. The van der Waals surface area contributed by atoms with Gasteiger partial charge in [-0.1, -0.05) is 6.07 Å². The van der Waals surface area contributed by atoms with Crippen molar-refractivity contribution in [3.8, 4) is 16.9 Å². The number of benzene rings is 1. The van der Waals surface area contributed by atoms with Crippen LogP contribution in [0.5, 0.6) is 5.75 Å². The molecule has 2 amide bonds. The van der Waals surface area contributed by atoms with Gasteiger partial charge in [-0.3, -0.25) is 14.6 Å². The van der Waals surface area contributed by atoms with Crippen molar-refractivity contribution >= 4 is 23.2 Å². The molecule has 1 aliphatic rings. The number of methoxy groups -OCH3 is 1. The lowest BCUT2D eigenvalue weighted by Crippen LogP contribution is -2.51. The number of rotatable bonds is 3. The SMILES string of the molecule is COc1cncc(-c2ccc3c(c2)N(C(=O)c2ccco2)C[C@H](C)N3C(C)=O)c1. The van der Waals surface area contributed by atoms with Crippen LogP contribution in [0.3, 0.4) is 0 Å². The van der Waals surface area contributed by atoms with Gasteiger partial charge in [0.05, 0.1) is 37.0 Å². The fraction of sp³-hybridized carbons (Fsp3) is 0.227. The van der Waals surface area contributed by atoms with Crippen molar-refractivity contribution in [1.82, 2.24) is 4.98 Å². The zero-order valence-corrected chi connectivity index (χ0v) is 16.5. The van der Waals surface area contributed by atoms with Crippen molar-refractivity contribution in [2.75, 3.05) is 23.5 Å². The Kier molecular flexibility index (Phi) is 4.80. The van der Waals surface area contributed by atoms with E-state index in [9.17, 15) is 9.59 Å². The average molecular weight is 391 g/mol. The van der Waals surface area contributed by atoms with Crippen molar-refractivity contribution in [3.63, 3.8) is 0 Å². The Morgan fingerprint density at radius 1 is 1.14 bits per heavy atom. The number of aromatic nitrogens is 1. The highest BCUT2D eigenvalue weighted by Gasteiger charge is 2.35. The summed E-state index contributed by atoms with van der Waals surface area (Å²) in [4.78, 5) is 33.0. The van der Waals surface area contributed by atoms with E-state index < -0.39 is 0 Å². The minimum Gasteiger partial charge on any atom is -0.495 e. The van der Waals surface area contributed by atoms with E-state index in [1.807, 2.05) is 31.2 Å². The minimum absolute atomic E-state index is 0.0698. The summed E-state index contributed by atoms with van der Waals surface area (Å²) in [7, 11) is 1.59. The van der Waals surface area contributed by atoms with Gasteiger partial charge >= 0.3 is 0 Å². The van der Waals surface area contributed by atoms with E-state index in [0.717, 1.165) is 11.1 Å². The van der Waals surface area contributed by atoms with Gasteiger partial charge in [0.1, 0.15) is 5.75 Å². The molecule has 4 rings (SSSR count). The molecule has 0 spiro atoms. The van der Waals surface area contributed by atoms with Crippen molar-refractivity contribution < 1.29 is 18.7 Å². The van der Waals surface area contributed by atoms with Gasteiger partial charge < -0.3 is 19.0 Å². The van der Waals surface area contributed by atoms with Gasteiger partial charge in [0, 0.05) is 25.2 Å². The third kappa shape index (κ3) is 3.35. The van der Waals surface area contributed by atoms with Gasteiger partial charge in [-0.05, 0) is 42.8 Å². The molecule has 0 aliphatic carbocycles. The first-order valence-corrected chi connectivity index (χ1v) is 9.28. The van der Waals surface area contributed by atoms with Crippen LogP contribution in [-0.2, 0) is 4.79 Å². The molecule has 0 saturated heterocycles. The molecular weight excluding hydrogens is 370 g/mol. The standard InChI is InChI=1S/C22H21N3O4/c1-14-13-24(22(27)21-5-4-8-29-21)20-10-16(6-7-19(20)25(14)15(2)26)17-9-18(28-3)12-23-11-17/h4-12,14H,13H2,1-3H3/t14-/m0/s1. The minimum atomic E-state index is -0.243. The number of hydrogen-bond donors (Lipinski definition) is 0. The van der Waals surface area contributed by atoms with Crippen molar-refractivity contribution in [2.45, 2.75) is 19.9 Å². The molecule has 7 nitrogen and oxygen atoms in total. The summed E-state index contributed by atoms with van der Waals surface area (Å²) >= 11 is 0. The summed E-state index contributed by atoms with van der Waals surface area (Å²) in [5.41, 5.74) is 3.06. The van der Waals surface area contributed by atoms with E-state index in [4.69, 9.17) is 9.15 Å². The summed E-state index contributed by atoms with van der Waals surface area (Å²) in [5.74, 6) is 0.586. The van der Waals surface area contributed by atoms with Crippen LogP contribution in [0.2, 0.25) is 0 Å². The van der Waals surface area contributed by atoms with Crippen LogP contribution < -0.4 is 14.5 Å². The second kappa shape index (κ2) is 7.43. The Labute approximate surface area is 168 Å². The van der Waals surface area contributed by atoms with E-state index in [2.05, 4.69) is 4.98 Å². The van der Waals surface area contributed by atoms with Crippen LogP contribution in [0.1, 0.15) is 24.4 Å². The summed E-state index contributed by atoms with van der Waals surface area (Å²) in [6.07, 6.45) is 4.84. The number of ether oxygens (including phenoxy) is 1. The highest BCUT2D eigenvalue weighted by atomic mass is 16.5. The molecule has 0 bridgehead atoms. The lowest BCUT2D eigenvalue weighted by Gasteiger charge is -2.40. The van der Waals surface area contributed by atoms with Gasteiger partial charge in [0.25, 0.3) is 5.91 Å². The molecule has 2 aromatic heterocycles. The molecule has 7 heteroatoms. The first-order valence-electron chi connectivity index (χ1n) is 9.28. The van der Waals surface area contributed by atoms with Gasteiger partial charge in [-0.25, -0.2) is 0 Å². The third-order valence-corrected chi connectivity index (χ3v) is 5.01. The van der Waals surface area contributed by atoms with Crippen LogP contribution in [-0.4, -0.2) is 36.5 Å². The Balaban J connectivity index is 1.84. The summed E-state index contributed by atoms with van der Waals surface area (Å²) in [5, 5.41) is 0. The Morgan fingerprint density at radius 2 is 1.97 bits per heavy atom. The first-order chi connectivity index (χ1) is 14.0. The highest BCUT2D eigenvalue weighted by Crippen LogP contribution is 2.39. The van der Waals surface area contributed by atoms with Gasteiger partial charge in [-0.2, -0.15) is 0 Å². The van der Waals surface area contributed by atoms with Gasteiger partial charge in [-0.15, -0.1) is 0 Å². The maximum absolute atomic E-state index is 13.1. The fourth-order valence-electron chi connectivity index (χ4n) is 3.70. The number of furan rings is 1. The van der Waals surface area contributed by atoms with Gasteiger partial charge in [0.2, 0.25) is 5.91 Å². The molecular formula is C22H21N3O4. The zero-order valence-electron chi connectivity index (χ0n) is 16.5. The normalized spacial score (nSPS) is 15.8. The smallest absolute Gasteiger partial charge is 0.294 e. The topological polar surface area (TPSA) is 75.9 Å². The molecule has 0 radical (unpaired) electrons. The Morgan fingerprint density at radius 3 is 2.66 bits per heavy atom. The Bertz CT molecular complexity index is 1060. The largest absolute Gasteiger partial charge is 0.495 e. The maximum Gasteiger partial charge on any atom is 0.294 e. The van der Waals surface area contributed by atoms with Crippen LogP contribution in [0.15, 0.2) is 59.5 Å². The predicted molar refractivity (Wildman–Crippen MR) is 109 cm³/mol. The molecule has 1 aromatic carbocycles. The van der Waals surface area contributed by atoms with Crippen molar-refractivity contribution in [1.29, 1.82) is 0 Å². The zero-order chi connectivity index (χ0) is 20.5. The summed E-state index contributed by atoms with van der Waals surface area (Å²) in [6, 6.07) is 10.7. The van der Waals surface area contributed by atoms with Crippen LogP contribution in [0.4, 0.5) is 11.4 Å². The second-order valence-electron chi connectivity index (χ2n) is 6.95. The number of amides is 2. The van der Waals surface area contributed by atoms with E-state index >= 15 is 0 Å². The number of nitrogens with zero attached hydrogens (tertiary/aromatic N) is 3. The molecule has 148 valence electrons. The third-order valence-electron chi connectivity index (χ3n) is 5.01. The fourth-order valence-corrected chi connectivity index (χ4v) is 3.70. The summed E-state index contributed by atoms with van der Waals surface area (Å²) < 4.78 is 10.6. The quantitative estimate of drug-likeness (QED) is 0.680. The molecule has 3 heterocycles. The Hall–Kier alpha value is -3.61. The average Bonchev–Trinajstić information content (AvgIpc) is 3.27. The molecule has 0 saturated carbocycles. The molecule has 3 aromatic rings. The van der Waals surface area contributed by atoms with E-state index in [1.54, 1.807) is 41.4 Å². The number of fused-ring (bicyclic) bond motifs is 1. The second-order valence-corrected chi connectivity index (χ2v) is 6.95. The number of anilines is 2. The van der Waals surface area contributed by atoms with Gasteiger partial charge in [0.15, 0.2) is 5.76 Å². The van der Waals surface area contributed by atoms with E-state index in [-0.39, 0.29) is 23.6 Å². The first kappa shape index (κ1) is 18.7. The number of carbonyl (C=O) groups excluding carboxylic acids is 2. The number of pyridine rings is 1. The number of hydrogen-bond acceptors (Lipinski definition) is 5. The lowest BCUT2D eigenvalue weighted by molar-refractivity contribution is -0.117. The van der Waals surface area contributed by atoms with Crippen molar-refractivity contribution in [2.24, 2.45) is 0 Å². The lowest BCUT2D eigenvalue weighted by atomic mass is 10.0. The molecule has 0 unspecified atom stereocenters. The van der Waals surface area contributed by atoms with Crippen LogP contribution >= 0.6 is 0 Å². The van der Waals surface area contributed by atoms with Crippen LogP contribution in [0, 0.1) is 0 Å². The predicted octanol–water partition coefficient (Wildman–Crippen LogP) is 3.75. The maximum atomic E-state index is 13.1.